The minimum absolute atomic E-state index is 0.0862. The average Bonchev–Trinajstić information content (AvgIpc) is 2.80. The maximum absolute atomic E-state index is 13.6. The van der Waals surface area contributed by atoms with Crippen LogP contribution < -0.4 is 19.5 Å². The van der Waals surface area contributed by atoms with Crippen molar-refractivity contribution >= 4 is 22.2 Å². The number of hydrogen-bond acceptors (Lipinski definition) is 5. The summed E-state index contributed by atoms with van der Waals surface area (Å²) in [6.07, 6.45) is 1.34. The van der Waals surface area contributed by atoms with E-state index in [1.165, 1.54) is 0 Å². The number of anilines is 1. The van der Waals surface area contributed by atoms with Crippen LogP contribution in [0.25, 0.3) is 10.8 Å². The van der Waals surface area contributed by atoms with Gasteiger partial charge >= 0.3 is 0 Å². The van der Waals surface area contributed by atoms with Gasteiger partial charge in [-0.25, -0.2) is 0 Å². The first-order valence-corrected chi connectivity index (χ1v) is 11.2. The molecule has 170 valence electrons. The van der Waals surface area contributed by atoms with Crippen LogP contribution in [0.5, 0.6) is 17.2 Å². The second-order valence-electron chi connectivity index (χ2n) is 9.60. The van der Waals surface area contributed by atoms with Gasteiger partial charge in [0.25, 0.3) is 0 Å². The average molecular weight is 444 g/mol. The fraction of sp³-hybridized carbons (Fsp3) is 0.321. The summed E-state index contributed by atoms with van der Waals surface area (Å²) in [6, 6.07) is 16.5. The summed E-state index contributed by atoms with van der Waals surface area (Å²) < 4.78 is 16.9. The molecule has 3 aromatic carbocycles. The zero-order chi connectivity index (χ0) is 23.3. The summed E-state index contributed by atoms with van der Waals surface area (Å²) in [5.41, 5.74) is 4.86. The van der Waals surface area contributed by atoms with Crippen molar-refractivity contribution in [1.29, 1.82) is 0 Å². The van der Waals surface area contributed by atoms with Crippen molar-refractivity contribution in [3.63, 3.8) is 0 Å². The zero-order valence-corrected chi connectivity index (χ0v) is 19.7. The molecule has 0 fully saturated rings. The molecule has 5 nitrogen and oxygen atoms in total. The topological polar surface area (TPSA) is 56.8 Å². The van der Waals surface area contributed by atoms with Crippen molar-refractivity contribution in [3.8, 4) is 17.2 Å². The van der Waals surface area contributed by atoms with Crippen molar-refractivity contribution in [2.24, 2.45) is 5.41 Å². The van der Waals surface area contributed by atoms with E-state index in [0.29, 0.717) is 23.7 Å². The minimum atomic E-state index is -0.236. The molecule has 0 aromatic heterocycles. The molecular weight excluding hydrogens is 414 g/mol. The summed E-state index contributed by atoms with van der Waals surface area (Å²) in [6.45, 7) is 4.31. The van der Waals surface area contributed by atoms with E-state index in [-0.39, 0.29) is 17.1 Å². The van der Waals surface area contributed by atoms with E-state index in [9.17, 15) is 4.79 Å². The van der Waals surface area contributed by atoms with Crippen molar-refractivity contribution < 1.29 is 19.0 Å². The Morgan fingerprint density at radius 1 is 0.909 bits per heavy atom. The molecule has 0 radical (unpaired) electrons. The highest BCUT2D eigenvalue weighted by Crippen LogP contribution is 2.52. The van der Waals surface area contributed by atoms with Crippen LogP contribution in [0.3, 0.4) is 0 Å². The Morgan fingerprint density at radius 3 is 2.27 bits per heavy atom. The highest BCUT2D eigenvalue weighted by molar-refractivity contribution is 6.04. The molecule has 0 saturated heterocycles. The molecule has 1 heterocycles. The number of carbonyl (C=O) groups is 1. The van der Waals surface area contributed by atoms with Crippen molar-refractivity contribution in [2.75, 3.05) is 26.6 Å². The number of allylic oxidation sites excluding steroid dienone is 2. The molecule has 1 N–H and O–H groups in total. The number of ketones is 1. The number of hydrogen-bond donors (Lipinski definition) is 1. The van der Waals surface area contributed by atoms with E-state index in [4.69, 9.17) is 14.2 Å². The maximum Gasteiger partial charge on any atom is 0.203 e. The number of fused-ring (bicyclic) bond motifs is 3. The van der Waals surface area contributed by atoms with Crippen molar-refractivity contribution in [1.82, 2.24) is 0 Å². The third-order valence-electron chi connectivity index (χ3n) is 6.77. The van der Waals surface area contributed by atoms with Crippen molar-refractivity contribution in [3.05, 3.63) is 70.9 Å². The standard InChI is InChI=1S/C28H29NO4/c1-28(2)14-20-26(21(30)15-28)24(17-12-22(31-3)27(33-5)23(13-17)32-4)25-18-9-7-6-8-16(18)10-11-19(25)29-20/h6-13,24,29H,14-15H2,1-5H3. The highest BCUT2D eigenvalue weighted by atomic mass is 16.5. The molecule has 5 rings (SSSR count). The molecule has 1 unspecified atom stereocenters. The van der Waals surface area contributed by atoms with Crippen LogP contribution in [-0.4, -0.2) is 27.1 Å². The van der Waals surface area contributed by atoms with Crippen LogP contribution in [0.4, 0.5) is 5.69 Å². The van der Waals surface area contributed by atoms with Gasteiger partial charge < -0.3 is 19.5 Å². The third kappa shape index (κ3) is 3.43. The van der Waals surface area contributed by atoms with Crippen LogP contribution in [-0.2, 0) is 4.79 Å². The summed E-state index contributed by atoms with van der Waals surface area (Å²) in [5, 5.41) is 5.90. The lowest BCUT2D eigenvalue weighted by Gasteiger charge is -2.40. The van der Waals surface area contributed by atoms with E-state index in [1.807, 2.05) is 24.3 Å². The molecule has 2 aliphatic rings. The Balaban J connectivity index is 1.83. The van der Waals surface area contributed by atoms with Gasteiger partial charge in [-0.05, 0) is 51.9 Å². The number of rotatable bonds is 4. The molecule has 33 heavy (non-hydrogen) atoms. The maximum atomic E-state index is 13.6. The van der Waals surface area contributed by atoms with Gasteiger partial charge in [0.15, 0.2) is 17.3 Å². The lowest BCUT2D eigenvalue weighted by molar-refractivity contribution is -0.118. The fourth-order valence-electron chi connectivity index (χ4n) is 5.41. The Morgan fingerprint density at radius 2 is 1.61 bits per heavy atom. The molecule has 1 atom stereocenters. The zero-order valence-electron chi connectivity index (χ0n) is 19.7. The lowest BCUT2D eigenvalue weighted by Crippen LogP contribution is -2.34. The fourth-order valence-corrected chi connectivity index (χ4v) is 5.41. The van der Waals surface area contributed by atoms with Gasteiger partial charge in [-0.15, -0.1) is 0 Å². The third-order valence-corrected chi connectivity index (χ3v) is 6.77. The summed E-state index contributed by atoms with van der Waals surface area (Å²) >= 11 is 0. The predicted octanol–water partition coefficient (Wildman–Crippen LogP) is 6.07. The van der Waals surface area contributed by atoms with Crippen LogP contribution in [0, 0.1) is 5.41 Å². The number of benzene rings is 3. The summed E-state index contributed by atoms with van der Waals surface area (Å²) in [7, 11) is 4.83. The molecule has 0 amide bonds. The van der Waals surface area contributed by atoms with Gasteiger partial charge in [-0.3, -0.25) is 4.79 Å². The van der Waals surface area contributed by atoms with Crippen LogP contribution in [0.1, 0.15) is 43.7 Å². The number of ether oxygens (including phenoxy) is 3. The monoisotopic (exact) mass is 443 g/mol. The molecule has 1 aliphatic heterocycles. The molecule has 5 heteroatoms. The van der Waals surface area contributed by atoms with E-state index in [0.717, 1.165) is 45.3 Å². The molecule has 0 saturated carbocycles. The van der Waals surface area contributed by atoms with Crippen LogP contribution in [0.2, 0.25) is 0 Å². The van der Waals surface area contributed by atoms with Gasteiger partial charge in [0.05, 0.1) is 21.3 Å². The SMILES string of the molecule is COc1cc(C2C3=C(CC(C)(C)CC3=O)Nc3ccc4ccccc4c32)cc(OC)c1OC. The largest absolute Gasteiger partial charge is 0.493 e. The summed E-state index contributed by atoms with van der Waals surface area (Å²) in [5.74, 6) is 1.66. The second kappa shape index (κ2) is 7.84. The Labute approximate surface area is 194 Å². The summed E-state index contributed by atoms with van der Waals surface area (Å²) in [4.78, 5) is 13.6. The van der Waals surface area contributed by atoms with Gasteiger partial charge in [-0.2, -0.15) is 0 Å². The normalized spacial score (nSPS) is 18.9. The Hall–Kier alpha value is -3.47. The first-order chi connectivity index (χ1) is 15.9. The van der Waals surface area contributed by atoms with Gasteiger partial charge in [0.1, 0.15) is 0 Å². The highest BCUT2D eigenvalue weighted by Gasteiger charge is 2.41. The van der Waals surface area contributed by atoms with Gasteiger partial charge in [0, 0.05) is 29.3 Å². The van der Waals surface area contributed by atoms with Crippen LogP contribution in [0.15, 0.2) is 59.8 Å². The van der Waals surface area contributed by atoms with Gasteiger partial charge in [-0.1, -0.05) is 44.2 Å². The van der Waals surface area contributed by atoms with Crippen LogP contribution >= 0.6 is 0 Å². The first-order valence-electron chi connectivity index (χ1n) is 11.2. The molecule has 0 bridgehead atoms. The smallest absolute Gasteiger partial charge is 0.203 e. The first kappa shape index (κ1) is 21.4. The van der Waals surface area contributed by atoms with Gasteiger partial charge in [0.2, 0.25) is 5.75 Å². The predicted molar refractivity (Wildman–Crippen MR) is 131 cm³/mol. The van der Waals surface area contributed by atoms with E-state index in [1.54, 1.807) is 21.3 Å². The molecule has 1 aliphatic carbocycles. The quantitative estimate of drug-likeness (QED) is 0.531. The van der Waals surface area contributed by atoms with Crippen molar-refractivity contribution in [2.45, 2.75) is 32.6 Å². The number of Topliss-reactive ketones (excluding diaryl/α,β-unsaturated/α-hetero) is 1. The number of nitrogens with one attached hydrogen (secondary N) is 1. The van der Waals surface area contributed by atoms with E-state index < -0.39 is 0 Å². The Kier molecular flexibility index (Phi) is 5.08. The van der Waals surface area contributed by atoms with E-state index >= 15 is 0 Å². The molecule has 0 spiro atoms. The number of carbonyl (C=O) groups excluding carboxylic acids is 1. The van der Waals surface area contributed by atoms with E-state index in [2.05, 4.69) is 43.4 Å². The lowest BCUT2D eigenvalue weighted by atomic mass is 9.68. The molecular formula is C28H29NO4. The second-order valence-corrected chi connectivity index (χ2v) is 9.60. The minimum Gasteiger partial charge on any atom is -0.493 e. The number of methoxy groups -OCH3 is 3. The Bertz CT molecular complexity index is 1280. The molecule has 3 aromatic rings.